The molecule has 2 bridgehead atoms. The van der Waals surface area contributed by atoms with Crippen LogP contribution >= 0.6 is 0 Å². The van der Waals surface area contributed by atoms with Gasteiger partial charge in [0.1, 0.15) is 5.69 Å². The number of nitrogens with zero attached hydrogens (tertiary/aromatic N) is 3. The highest BCUT2D eigenvalue weighted by molar-refractivity contribution is 5.93. The molecule has 2 aliphatic heterocycles. The van der Waals surface area contributed by atoms with Gasteiger partial charge < -0.3 is 14.6 Å². The third-order valence-corrected chi connectivity index (χ3v) is 4.30. The summed E-state index contributed by atoms with van der Waals surface area (Å²) >= 11 is 0. The number of rotatable bonds is 2. The first-order valence-electron chi connectivity index (χ1n) is 6.75. The van der Waals surface area contributed by atoms with Gasteiger partial charge in [-0.3, -0.25) is 4.79 Å². The van der Waals surface area contributed by atoms with Gasteiger partial charge in [-0.2, -0.15) is 0 Å². The van der Waals surface area contributed by atoms with Crippen molar-refractivity contribution < 1.29 is 4.79 Å². The fourth-order valence-electron chi connectivity index (χ4n) is 3.25. The van der Waals surface area contributed by atoms with E-state index >= 15 is 0 Å². The van der Waals surface area contributed by atoms with E-state index in [1.54, 1.807) is 6.33 Å². The van der Waals surface area contributed by atoms with Crippen LogP contribution in [0.5, 0.6) is 0 Å². The van der Waals surface area contributed by atoms with Gasteiger partial charge in [-0.25, -0.2) is 4.98 Å². The molecule has 1 N–H and O–H groups in total. The molecule has 98 valence electrons. The maximum atomic E-state index is 12.2. The van der Waals surface area contributed by atoms with E-state index in [1.165, 1.54) is 13.0 Å². The first-order valence-corrected chi connectivity index (χ1v) is 6.75. The first-order chi connectivity index (χ1) is 9.29. The molecular weight excluding hydrogens is 240 g/mol. The molecule has 3 unspecified atom stereocenters. The van der Waals surface area contributed by atoms with Crippen LogP contribution in [0, 0.1) is 5.92 Å². The molecule has 2 aromatic rings. The van der Waals surface area contributed by atoms with Gasteiger partial charge in [-0.05, 0) is 37.1 Å². The Balaban J connectivity index is 1.53. The van der Waals surface area contributed by atoms with Gasteiger partial charge in [0.25, 0.3) is 5.91 Å². The van der Waals surface area contributed by atoms with Crippen LogP contribution in [0.3, 0.4) is 0 Å². The van der Waals surface area contributed by atoms with Crippen molar-refractivity contribution in [2.45, 2.75) is 12.5 Å². The molecule has 0 aromatic carbocycles. The Morgan fingerprint density at radius 1 is 1.42 bits per heavy atom. The van der Waals surface area contributed by atoms with E-state index in [-0.39, 0.29) is 5.91 Å². The Labute approximate surface area is 111 Å². The van der Waals surface area contributed by atoms with Gasteiger partial charge in [0.05, 0.1) is 6.33 Å². The maximum Gasteiger partial charge on any atom is 0.270 e. The number of nitrogens with one attached hydrogen (secondary N) is 1. The first kappa shape index (κ1) is 11.0. The number of amides is 1. The summed E-state index contributed by atoms with van der Waals surface area (Å²) in [5.74, 6) is 0.573. The molecule has 0 aliphatic carbocycles. The quantitative estimate of drug-likeness (QED) is 0.863. The molecule has 0 saturated carbocycles. The number of fused-ring (bicyclic) bond motifs is 3. The summed E-state index contributed by atoms with van der Waals surface area (Å²) in [6.07, 6.45) is 4.82. The summed E-state index contributed by atoms with van der Waals surface area (Å²) in [4.78, 5) is 18.9. The fourth-order valence-corrected chi connectivity index (χ4v) is 3.25. The lowest BCUT2D eigenvalue weighted by Gasteiger charge is -2.22. The van der Waals surface area contributed by atoms with Crippen molar-refractivity contribution in [2.24, 2.45) is 5.92 Å². The van der Waals surface area contributed by atoms with Gasteiger partial charge in [0.2, 0.25) is 0 Å². The maximum absolute atomic E-state index is 12.2. The largest absolute Gasteiger partial charge is 0.346 e. The highest BCUT2D eigenvalue weighted by atomic mass is 16.2. The Morgan fingerprint density at radius 3 is 3.16 bits per heavy atom. The second-order valence-electron chi connectivity index (χ2n) is 5.50. The molecule has 4 heterocycles. The van der Waals surface area contributed by atoms with Gasteiger partial charge in [0.15, 0.2) is 0 Å². The average molecular weight is 256 g/mol. The summed E-state index contributed by atoms with van der Waals surface area (Å²) in [5, 5.41) is 3.13. The SMILES string of the molecule is O=C(NC1CN2CCC1C2)c1cc2cccn2cn1. The van der Waals surface area contributed by atoms with Crippen LogP contribution in [0.4, 0.5) is 0 Å². The van der Waals surface area contributed by atoms with Crippen molar-refractivity contribution in [2.75, 3.05) is 19.6 Å². The van der Waals surface area contributed by atoms with E-state index in [9.17, 15) is 4.79 Å². The Bertz CT molecular complexity index is 635. The summed E-state index contributed by atoms with van der Waals surface area (Å²) < 4.78 is 1.90. The molecule has 2 aromatic heterocycles. The predicted molar refractivity (Wildman–Crippen MR) is 71.0 cm³/mol. The molecule has 4 rings (SSSR count). The number of hydrogen-bond donors (Lipinski definition) is 1. The van der Waals surface area contributed by atoms with Gasteiger partial charge in [-0.1, -0.05) is 0 Å². The minimum absolute atomic E-state index is 0.0533. The highest BCUT2D eigenvalue weighted by Crippen LogP contribution is 2.27. The van der Waals surface area contributed by atoms with Crippen molar-refractivity contribution in [3.05, 3.63) is 36.4 Å². The second kappa shape index (κ2) is 4.06. The van der Waals surface area contributed by atoms with Crippen LogP contribution in [0.2, 0.25) is 0 Å². The molecule has 2 aliphatic rings. The van der Waals surface area contributed by atoms with E-state index < -0.39 is 0 Å². The van der Waals surface area contributed by atoms with E-state index in [0.717, 1.165) is 18.6 Å². The fraction of sp³-hybridized carbons (Fsp3) is 0.429. The summed E-state index contributed by atoms with van der Waals surface area (Å²) in [5.41, 5.74) is 1.50. The highest BCUT2D eigenvalue weighted by Gasteiger charge is 2.38. The van der Waals surface area contributed by atoms with Crippen LogP contribution < -0.4 is 5.32 Å². The van der Waals surface area contributed by atoms with Crippen LogP contribution in [0.1, 0.15) is 16.9 Å². The monoisotopic (exact) mass is 256 g/mol. The molecule has 5 heteroatoms. The third-order valence-electron chi connectivity index (χ3n) is 4.30. The predicted octanol–water partition coefficient (Wildman–Crippen LogP) is 0.768. The number of hydrogen-bond acceptors (Lipinski definition) is 3. The molecule has 2 fully saturated rings. The minimum Gasteiger partial charge on any atom is -0.346 e. The average Bonchev–Trinajstić information content (AvgIpc) is 3.13. The molecule has 0 spiro atoms. The van der Waals surface area contributed by atoms with Gasteiger partial charge in [0, 0.05) is 30.8 Å². The van der Waals surface area contributed by atoms with Crippen LogP contribution in [-0.4, -0.2) is 45.9 Å². The topological polar surface area (TPSA) is 49.6 Å². The lowest BCUT2D eigenvalue weighted by molar-refractivity contribution is 0.0919. The normalized spacial score (nSPS) is 28.9. The van der Waals surface area contributed by atoms with E-state index in [1.807, 2.05) is 28.8 Å². The van der Waals surface area contributed by atoms with Gasteiger partial charge >= 0.3 is 0 Å². The van der Waals surface area contributed by atoms with Crippen molar-refractivity contribution in [3.63, 3.8) is 0 Å². The van der Waals surface area contributed by atoms with Crippen LogP contribution in [-0.2, 0) is 0 Å². The molecule has 1 amide bonds. The number of carbonyl (C=O) groups excluding carboxylic acids is 1. The summed E-state index contributed by atoms with van der Waals surface area (Å²) in [7, 11) is 0. The van der Waals surface area contributed by atoms with Crippen molar-refractivity contribution >= 4 is 11.4 Å². The summed E-state index contributed by atoms with van der Waals surface area (Å²) in [6, 6.07) is 6.05. The molecular formula is C14H16N4O. The Hall–Kier alpha value is -1.88. The number of carbonyl (C=O) groups is 1. The molecule has 2 saturated heterocycles. The summed E-state index contributed by atoms with van der Waals surface area (Å²) in [6.45, 7) is 3.31. The third kappa shape index (κ3) is 1.81. The number of piperidine rings is 1. The van der Waals surface area contributed by atoms with Crippen LogP contribution in [0.15, 0.2) is 30.7 Å². The lowest BCUT2D eigenvalue weighted by atomic mass is 10.00. The second-order valence-corrected chi connectivity index (χ2v) is 5.50. The van der Waals surface area contributed by atoms with Crippen LogP contribution in [0.25, 0.3) is 5.52 Å². The molecule has 0 radical (unpaired) electrons. The zero-order chi connectivity index (χ0) is 12.8. The zero-order valence-corrected chi connectivity index (χ0v) is 10.6. The van der Waals surface area contributed by atoms with Crippen molar-refractivity contribution in [1.29, 1.82) is 0 Å². The Kier molecular flexibility index (Phi) is 2.35. The zero-order valence-electron chi connectivity index (χ0n) is 10.6. The minimum atomic E-state index is -0.0533. The Morgan fingerprint density at radius 2 is 2.37 bits per heavy atom. The van der Waals surface area contributed by atoms with Crippen molar-refractivity contribution in [3.8, 4) is 0 Å². The number of aromatic nitrogens is 2. The van der Waals surface area contributed by atoms with E-state index in [0.29, 0.717) is 17.7 Å². The van der Waals surface area contributed by atoms with E-state index in [2.05, 4.69) is 15.2 Å². The lowest BCUT2D eigenvalue weighted by Crippen LogP contribution is -2.43. The van der Waals surface area contributed by atoms with Crippen molar-refractivity contribution in [1.82, 2.24) is 19.6 Å². The standard InChI is InChI=1S/C14H16N4O/c19-14(16-13-8-17-5-3-10(13)7-17)12-6-11-2-1-4-18(11)9-15-12/h1-2,4,6,9-10,13H,3,5,7-8H2,(H,16,19). The van der Waals surface area contributed by atoms with Gasteiger partial charge in [-0.15, -0.1) is 0 Å². The van der Waals surface area contributed by atoms with E-state index in [4.69, 9.17) is 0 Å². The smallest absolute Gasteiger partial charge is 0.270 e. The molecule has 3 atom stereocenters. The molecule has 19 heavy (non-hydrogen) atoms. The molecule has 5 nitrogen and oxygen atoms in total.